The normalized spacial score (nSPS) is 12.2. The number of aromatic nitrogens is 2. The monoisotopic (exact) mass is 409 g/mol. The first-order valence-electron chi connectivity index (χ1n) is 8.45. The molecule has 0 aliphatic rings. The molecule has 2 aromatic carbocycles. The lowest BCUT2D eigenvalue weighted by Gasteiger charge is -2.10. The number of nitrogens with one attached hydrogen (secondary N) is 1. The largest absolute Gasteiger partial charge is 0.416 e. The van der Waals surface area contributed by atoms with Crippen molar-refractivity contribution in [3.63, 3.8) is 0 Å². The average Bonchev–Trinajstić information content (AvgIpc) is 3.16. The van der Waals surface area contributed by atoms with Crippen LogP contribution < -0.4 is 4.72 Å². The summed E-state index contributed by atoms with van der Waals surface area (Å²) in [7, 11) is -3.74. The van der Waals surface area contributed by atoms with Crippen molar-refractivity contribution >= 4 is 10.0 Å². The fourth-order valence-corrected chi connectivity index (χ4v) is 3.83. The summed E-state index contributed by atoms with van der Waals surface area (Å²) in [6.07, 6.45) is -0.555. The predicted molar refractivity (Wildman–Crippen MR) is 99.3 cm³/mol. The maximum absolute atomic E-state index is 12.7. The Balaban J connectivity index is 1.55. The van der Waals surface area contributed by atoms with Crippen LogP contribution in [0.3, 0.4) is 0 Å². The van der Waals surface area contributed by atoms with Gasteiger partial charge in [-0.15, -0.1) is 0 Å². The number of benzene rings is 2. The third-order valence-electron chi connectivity index (χ3n) is 4.05. The summed E-state index contributed by atoms with van der Waals surface area (Å²) < 4.78 is 66.7. The van der Waals surface area contributed by atoms with Crippen LogP contribution in [-0.4, -0.2) is 24.7 Å². The smallest absolute Gasteiger partial charge is 0.241 e. The van der Waals surface area contributed by atoms with Gasteiger partial charge in [0.2, 0.25) is 10.0 Å². The summed E-state index contributed by atoms with van der Waals surface area (Å²) in [5.74, 6) is -0.505. The van der Waals surface area contributed by atoms with Crippen molar-refractivity contribution in [3.8, 4) is 5.69 Å². The Morgan fingerprint density at radius 1 is 1.00 bits per heavy atom. The lowest BCUT2D eigenvalue weighted by molar-refractivity contribution is -0.137. The molecule has 0 saturated carbocycles. The molecule has 0 saturated heterocycles. The van der Waals surface area contributed by atoms with Gasteiger partial charge in [-0.25, -0.2) is 17.8 Å². The molecule has 1 N–H and O–H groups in total. The van der Waals surface area contributed by atoms with Gasteiger partial charge < -0.3 is 0 Å². The maximum atomic E-state index is 12.7. The lowest BCUT2D eigenvalue weighted by Crippen LogP contribution is -2.27. The minimum absolute atomic E-state index is 0.0888. The zero-order chi connectivity index (χ0) is 20.2. The van der Waals surface area contributed by atoms with Gasteiger partial charge in [-0.05, 0) is 41.8 Å². The summed E-state index contributed by atoms with van der Waals surface area (Å²) >= 11 is 0. The van der Waals surface area contributed by atoms with Gasteiger partial charge in [0.25, 0.3) is 0 Å². The van der Waals surface area contributed by atoms with Crippen LogP contribution in [0.5, 0.6) is 0 Å². The Kier molecular flexibility index (Phi) is 5.85. The second kappa shape index (κ2) is 8.15. The molecule has 148 valence electrons. The summed E-state index contributed by atoms with van der Waals surface area (Å²) in [4.78, 5) is 0. The Labute approximate surface area is 160 Å². The number of nitrogens with zero attached hydrogens (tertiary/aromatic N) is 2. The first kappa shape index (κ1) is 20.1. The van der Waals surface area contributed by atoms with Crippen LogP contribution in [0.4, 0.5) is 13.2 Å². The molecule has 1 aromatic heterocycles. The standard InChI is InChI=1S/C19H18F3N3O2S/c20-19(21,22)17-4-1-3-16(13-17)14-28(26,27)24-11-9-15-5-7-18(8-6-15)25-12-2-10-23-25/h1-8,10,12-13,24H,9,11,14H2. The van der Waals surface area contributed by atoms with Crippen molar-refractivity contribution in [1.82, 2.24) is 14.5 Å². The molecule has 0 bridgehead atoms. The fourth-order valence-electron chi connectivity index (χ4n) is 2.70. The molecule has 0 aliphatic heterocycles. The molecule has 0 fully saturated rings. The summed E-state index contributed by atoms with van der Waals surface area (Å²) in [6.45, 7) is 0.155. The van der Waals surface area contributed by atoms with E-state index < -0.39 is 27.5 Å². The first-order valence-corrected chi connectivity index (χ1v) is 10.1. The van der Waals surface area contributed by atoms with Crippen LogP contribution in [0.15, 0.2) is 67.0 Å². The zero-order valence-corrected chi connectivity index (χ0v) is 15.5. The molecule has 0 spiro atoms. The highest BCUT2D eigenvalue weighted by Gasteiger charge is 2.30. The summed E-state index contributed by atoms with van der Waals surface area (Å²) in [5.41, 5.74) is 1.04. The number of halogens is 3. The topological polar surface area (TPSA) is 64.0 Å². The highest BCUT2D eigenvalue weighted by Crippen LogP contribution is 2.29. The van der Waals surface area contributed by atoms with E-state index in [9.17, 15) is 21.6 Å². The first-order chi connectivity index (χ1) is 13.2. The van der Waals surface area contributed by atoms with Crippen molar-refractivity contribution in [2.24, 2.45) is 0 Å². The molecule has 5 nitrogen and oxygen atoms in total. The minimum atomic E-state index is -4.50. The van der Waals surface area contributed by atoms with Gasteiger partial charge in [0, 0.05) is 18.9 Å². The molecule has 0 atom stereocenters. The van der Waals surface area contributed by atoms with Crippen molar-refractivity contribution in [3.05, 3.63) is 83.7 Å². The maximum Gasteiger partial charge on any atom is 0.416 e. The quantitative estimate of drug-likeness (QED) is 0.649. The predicted octanol–water partition coefficient (Wildman–Crippen LogP) is 3.55. The molecule has 0 unspecified atom stereocenters. The van der Waals surface area contributed by atoms with Crippen molar-refractivity contribution in [2.75, 3.05) is 6.54 Å². The molecule has 9 heteroatoms. The van der Waals surface area contributed by atoms with Gasteiger partial charge in [-0.1, -0.05) is 30.3 Å². The highest BCUT2D eigenvalue weighted by atomic mass is 32.2. The Morgan fingerprint density at radius 3 is 2.39 bits per heavy atom. The fraction of sp³-hybridized carbons (Fsp3) is 0.211. The Morgan fingerprint density at radius 2 is 1.75 bits per heavy atom. The molecule has 3 rings (SSSR count). The third kappa shape index (κ3) is 5.43. The number of sulfonamides is 1. The van der Waals surface area contributed by atoms with E-state index in [2.05, 4.69) is 9.82 Å². The minimum Gasteiger partial charge on any atom is -0.241 e. The molecule has 0 amide bonds. The Bertz CT molecular complexity index is 1020. The number of rotatable bonds is 7. The van der Waals surface area contributed by atoms with Gasteiger partial charge in [0.15, 0.2) is 0 Å². The summed E-state index contributed by atoms with van der Waals surface area (Å²) in [6, 6.07) is 13.6. The van der Waals surface area contributed by atoms with Crippen LogP contribution in [0.25, 0.3) is 5.69 Å². The van der Waals surface area contributed by atoms with Crippen molar-refractivity contribution < 1.29 is 21.6 Å². The van der Waals surface area contributed by atoms with E-state index in [1.54, 1.807) is 10.9 Å². The average molecular weight is 409 g/mol. The number of alkyl halides is 3. The van der Waals surface area contributed by atoms with E-state index >= 15 is 0 Å². The van der Waals surface area contributed by atoms with Gasteiger partial charge >= 0.3 is 6.18 Å². The summed E-state index contributed by atoms with van der Waals surface area (Å²) in [5, 5.41) is 4.13. The molecule has 1 heterocycles. The Hall–Kier alpha value is -2.65. The number of hydrogen-bond acceptors (Lipinski definition) is 3. The highest BCUT2D eigenvalue weighted by molar-refractivity contribution is 7.88. The van der Waals surface area contributed by atoms with Crippen LogP contribution in [0.2, 0.25) is 0 Å². The molecule has 28 heavy (non-hydrogen) atoms. The molecular weight excluding hydrogens is 391 g/mol. The van der Waals surface area contributed by atoms with E-state index in [0.29, 0.717) is 6.42 Å². The third-order valence-corrected chi connectivity index (χ3v) is 5.41. The van der Waals surface area contributed by atoms with E-state index in [1.807, 2.05) is 36.5 Å². The molecule has 3 aromatic rings. The van der Waals surface area contributed by atoms with Crippen LogP contribution in [-0.2, 0) is 28.4 Å². The van der Waals surface area contributed by atoms with Crippen molar-refractivity contribution in [2.45, 2.75) is 18.3 Å². The van der Waals surface area contributed by atoms with Crippen LogP contribution in [0, 0.1) is 0 Å². The van der Waals surface area contributed by atoms with E-state index in [-0.39, 0.29) is 12.1 Å². The molecule has 0 radical (unpaired) electrons. The van der Waals surface area contributed by atoms with Crippen LogP contribution >= 0.6 is 0 Å². The van der Waals surface area contributed by atoms with E-state index in [4.69, 9.17) is 0 Å². The van der Waals surface area contributed by atoms with E-state index in [1.165, 1.54) is 12.1 Å². The van der Waals surface area contributed by atoms with Gasteiger partial charge in [-0.2, -0.15) is 18.3 Å². The SMILES string of the molecule is O=S(=O)(Cc1cccc(C(F)(F)F)c1)NCCc1ccc(-n2cccn2)cc1. The second-order valence-electron chi connectivity index (χ2n) is 6.22. The zero-order valence-electron chi connectivity index (χ0n) is 14.7. The lowest BCUT2D eigenvalue weighted by atomic mass is 10.1. The second-order valence-corrected chi connectivity index (χ2v) is 8.03. The molecule has 0 aliphatic carbocycles. The van der Waals surface area contributed by atoms with Gasteiger partial charge in [-0.3, -0.25) is 0 Å². The van der Waals surface area contributed by atoms with E-state index in [0.717, 1.165) is 23.4 Å². The number of hydrogen-bond donors (Lipinski definition) is 1. The van der Waals surface area contributed by atoms with Crippen molar-refractivity contribution in [1.29, 1.82) is 0 Å². The van der Waals surface area contributed by atoms with Crippen LogP contribution in [0.1, 0.15) is 16.7 Å². The van der Waals surface area contributed by atoms with Gasteiger partial charge in [0.05, 0.1) is 17.0 Å². The molecular formula is C19H18F3N3O2S. The van der Waals surface area contributed by atoms with Gasteiger partial charge in [0.1, 0.15) is 0 Å².